The van der Waals surface area contributed by atoms with Crippen LogP contribution in [0.3, 0.4) is 0 Å². The van der Waals surface area contributed by atoms with Crippen LogP contribution in [0.15, 0.2) is 76.0 Å². The van der Waals surface area contributed by atoms with Crippen molar-refractivity contribution < 1.29 is 13.9 Å². The van der Waals surface area contributed by atoms with Crippen LogP contribution in [0.2, 0.25) is 0 Å². The SMILES string of the molecule is CC(Oc1ccc2ccc(=O)oc2c1)C(=O)N1CC=C(c2ccccc2)CC1. The summed E-state index contributed by atoms with van der Waals surface area (Å²) >= 11 is 0. The standard InChI is InChI=1S/C23H21NO4/c1-16(27-20-9-7-19-8-10-22(25)28-21(19)15-20)23(26)24-13-11-18(12-14-24)17-5-3-2-4-6-17/h2-11,15-16H,12-14H2,1H3. The van der Waals surface area contributed by atoms with Crippen LogP contribution in [0.5, 0.6) is 5.75 Å². The average Bonchev–Trinajstić information content (AvgIpc) is 2.73. The predicted octanol–water partition coefficient (Wildman–Crippen LogP) is 3.88. The molecular formula is C23H21NO4. The molecule has 3 aromatic rings. The van der Waals surface area contributed by atoms with Crippen LogP contribution in [-0.2, 0) is 4.79 Å². The zero-order chi connectivity index (χ0) is 19.5. The Morgan fingerprint density at radius 1 is 1.11 bits per heavy atom. The number of hydrogen-bond donors (Lipinski definition) is 0. The number of amides is 1. The van der Waals surface area contributed by atoms with Crippen molar-refractivity contribution in [3.8, 4) is 5.75 Å². The fraction of sp³-hybridized carbons (Fsp3) is 0.217. The maximum absolute atomic E-state index is 12.8. The summed E-state index contributed by atoms with van der Waals surface area (Å²) in [6.45, 7) is 2.98. The highest BCUT2D eigenvalue weighted by molar-refractivity contribution is 5.83. The molecule has 1 aliphatic rings. The second-order valence-corrected chi connectivity index (χ2v) is 6.84. The van der Waals surface area contributed by atoms with E-state index in [2.05, 4.69) is 18.2 Å². The van der Waals surface area contributed by atoms with E-state index < -0.39 is 11.7 Å². The van der Waals surface area contributed by atoms with Crippen molar-refractivity contribution in [3.05, 3.63) is 82.7 Å². The third kappa shape index (κ3) is 3.83. The van der Waals surface area contributed by atoms with Crippen LogP contribution in [0.1, 0.15) is 18.9 Å². The van der Waals surface area contributed by atoms with E-state index in [4.69, 9.17) is 9.15 Å². The van der Waals surface area contributed by atoms with Crippen LogP contribution in [0, 0.1) is 0 Å². The van der Waals surface area contributed by atoms with Gasteiger partial charge in [0.05, 0.1) is 0 Å². The number of fused-ring (bicyclic) bond motifs is 1. The van der Waals surface area contributed by atoms with Gasteiger partial charge in [-0.2, -0.15) is 0 Å². The monoisotopic (exact) mass is 375 g/mol. The molecule has 1 aliphatic heterocycles. The molecular weight excluding hydrogens is 354 g/mol. The Morgan fingerprint density at radius 2 is 1.89 bits per heavy atom. The lowest BCUT2D eigenvalue weighted by atomic mass is 9.99. The lowest BCUT2D eigenvalue weighted by molar-refractivity contribution is -0.137. The molecule has 0 spiro atoms. The molecule has 0 saturated heterocycles. The summed E-state index contributed by atoms with van der Waals surface area (Å²) in [6, 6.07) is 18.5. The molecule has 0 saturated carbocycles. The number of carbonyl (C=O) groups is 1. The Labute approximate surface area is 162 Å². The van der Waals surface area contributed by atoms with Crippen LogP contribution in [-0.4, -0.2) is 30.0 Å². The molecule has 0 bridgehead atoms. The molecule has 2 aromatic carbocycles. The van der Waals surface area contributed by atoms with Gasteiger partial charge in [-0.1, -0.05) is 36.4 Å². The van der Waals surface area contributed by atoms with E-state index in [1.807, 2.05) is 18.2 Å². The average molecular weight is 375 g/mol. The molecule has 1 aromatic heterocycles. The van der Waals surface area contributed by atoms with Crippen molar-refractivity contribution in [2.24, 2.45) is 0 Å². The molecule has 2 heterocycles. The molecule has 5 heteroatoms. The molecule has 0 radical (unpaired) electrons. The van der Waals surface area contributed by atoms with Crippen molar-refractivity contribution in [2.45, 2.75) is 19.4 Å². The van der Waals surface area contributed by atoms with Gasteiger partial charge in [0.25, 0.3) is 5.91 Å². The molecule has 0 aliphatic carbocycles. The summed E-state index contributed by atoms with van der Waals surface area (Å²) in [5, 5.41) is 0.806. The second-order valence-electron chi connectivity index (χ2n) is 6.84. The molecule has 1 unspecified atom stereocenters. The smallest absolute Gasteiger partial charge is 0.336 e. The third-order valence-electron chi connectivity index (χ3n) is 4.92. The Kier molecular flexibility index (Phi) is 4.98. The summed E-state index contributed by atoms with van der Waals surface area (Å²) in [5.74, 6) is 0.443. The van der Waals surface area contributed by atoms with E-state index in [1.54, 1.807) is 36.1 Å². The van der Waals surface area contributed by atoms with Crippen molar-refractivity contribution >= 4 is 22.4 Å². The Morgan fingerprint density at radius 3 is 2.64 bits per heavy atom. The van der Waals surface area contributed by atoms with E-state index in [1.165, 1.54) is 17.2 Å². The first-order valence-electron chi connectivity index (χ1n) is 9.34. The summed E-state index contributed by atoms with van der Waals surface area (Å²) in [5.41, 5.74) is 2.50. The number of carbonyl (C=O) groups excluding carboxylic acids is 1. The molecule has 1 amide bonds. The molecule has 28 heavy (non-hydrogen) atoms. The van der Waals surface area contributed by atoms with Gasteiger partial charge in [-0.15, -0.1) is 0 Å². The van der Waals surface area contributed by atoms with Gasteiger partial charge in [-0.05, 0) is 42.7 Å². The van der Waals surface area contributed by atoms with E-state index in [0.717, 1.165) is 11.8 Å². The largest absolute Gasteiger partial charge is 0.481 e. The first kappa shape index (κ1) is 18.0. The minimum atomic E-state index is -0.625. The van der Waals surface area contributed by atoms with Gasteiger partial charge >= 0.3 is 5.63 Å². The molecule has 4 rings (SSSR count). The maximum atomic E-state index is 12.8. The highest BCUT2D eigenvalue weighted by Gasteiger charge is 2.24. The second kappa shape index (κ2) is 7.72. The van der Waals surface area contributed by atoms with Crippen molar-refractivity contribution in [1.29, 1.82) is 0 Å². The van der Waals surface area contributed by atoms with Crippen molar-refractivity contribution in [3.63, 3.8) is 0 Å². The number of hydrogen-bond acceptors (Lipinski definition) is 4. The first-order chi connectivity index (χ1) is 13.6. The van der Waals surface area contributed by atoms with E-state index in [-0.39, 0.29) is 5.91 Å². The maximum Gasteiger partial charge on any atom is 0.336 e. The Balaban J connectivity index is 1.43. The Bertz CT molecular complexity index is 1080. The summed E-state index contributed by atoms with van der Waals surface area (Å²) in [6.07, 6.45) is 2.30. The van der Waals surface area contributed by atoms with E-state index >= 15 is 0 Å². The molecule has 142 valence electrons. The number of nitrogens with zero attached hydrogens (tertiary/aromatic N) is 1. The fourth-order valence-corrected chi connectivity index (χ4v) is 3.41. The van der Waals surface area contributed by atoms with Crippen molar-refractivity contribution in [2.75, 3.05) is 13.1 Å². The molecule has 0 fully saturated rings. The zero-order valence-electron chi connectivity index (χ0n) is 15.6. The quantitative estimate of drug-likeness (QED) is 0.650. The molecule has 1 atom stereocenters. The Hall–Kier alpha value is -3.34. The first-order valence-corrected chi connectivity index (χ1v) is 9.34. The topological polar surface area (TPSA) is 59.8 Å². The zero-order valence-corrected chi connectivity index (χ0v) is 15.6. The molecule has 5 nitrogen and oxygen atoms in total. The summed E-state index contributed by atoms with van der Waals surface area (Å²) in [4.78, 5) is 26.0. The number of benzene rings is 2. The van der Waals surface area contributed by atoms with Gasteiger partial charge in [0.2, 0.25) is 0 Å². The van der Waals surface area contributed by atoms with Crippen molar-refractivity contribution in [1.82, 2.24) is 4.90 Å². The van der Waals surface area contributed by atoms with E-state index in [0.29, 0.717) is 24.4 Å². The van der Waals surface area contributed by atoms with Crippen LogP contribution >= 0.6 is 0 Å². The normalized spacial score (nSPS) is 15.2. The minimum Gasteiger partial charge on any atom is -0.481 e. The number of rotatable bonds is 4. The van der Waals surface area contributed by atoms with Gasteiger partial charge in [-0.25, -0.2) is 4.79 Å². The van der Waals surface area contributed by atoms with Crippen LogP contribution < -0.4 is 10.4 Å². The van der Waals surface area contributed by atoms with Crippen LogP contribution in [0.25, 0.3) is 16.5 Å². The molecule has 0 N–H and O–H groups in total. The van der Waals surface area contributed by atoms with Crippen LogP contribution in [0.4, 0.5) is 0 Å². The fourth-order valence-electron chi connectivity index (χ4n) is 3.41. The highest BCUT2D eigenvalue weighted by atomic mass is 16.5. The summed E-state index contributed by atoms with van der Waals surface area (Å²) in [7, 11) is 0. The lowest BCUT2D eigenvalue weighted by Gasteiger charge is -2.29. The van der Waals surface area contributed by atoms with Gasteiger partial charge in [0, 0.05) is 30.6 Å². The van der Waals surface area contributed by atoms with Gasteiger partial charge in [0.15, 0.2) is 6.10 Å². The number of ether oxygens (including phenoxy) is 1. The van der Waals surface area contributed by atoms with E-state index in [9.17, 15) is 9.59 Å². The van der Waals surface area contributed by atoms with Gasteiger partial charge in [0.1, 0.15) is 11.3 Å². The summed E-state index contributed by atoms with van der Waals surface area (Å²) < 4.78 is 11.0. The van der Waals surface area contributed by atoms with Gasteiger partial charge in [-0.3, -0.25) is 4.79 Å². The minimum absolute atomic E-state index is 0.0574. The highest BCUT2D eigenvalue weighted by Crippen LogP contribution is 2.24. The van der Waals surface area contributed by atoms with Gasteiger partial charge < -0.3 is 14.1 Å². The third-order valence-corrected chi connectivity index (χ3v) is 4.92. The predicted molar refractivity (Wildman–Crippen MR) is 108 cm³/mol. The lowest BCUT2D eigenvalue weighted by Crippen LogP contribution is -2.42.